The van der Waals surface area contributed by atoms with Crippen molar-refractivity contribution in [2.45, 2.75) is 26.3 Å². The summed E-state index contributed by atoms with van der Waals surface area (Å²) in [5, 5.41) is 0. The summed E-state index contributed by atoms with van der Waals surface area (Å²) >= 11 is 0. The minimum Gasteiger partial charge on any atom is -0.339 e. The molecule has 2 nitrogen and oxygen atoms in total. The molecule has 188 valence electrons. The van der Waals surface area contributed by atoms with Gasteiger partial charge in [0.1, 0.15) is 0 Å². The molecule has 0 aliphatic carbocycles. The van der Waals surface area contributed by atoms with Crippen molar-refractivity contribution in [3.63, 3.8) is 0 Å². The van der Waals surface area contributed by atoms with Crippen molar-refractivity contribution in [3.05, 3.63) is 152 Å². The summed E-state index contributed by atoms with van der Waals surface area (Å²) in [7, 11) is 0. The molecule has 0 radical (unpaired) electrons. The summed E-state index contributed by atoms with van der Waals surface area (Å²) in [4.78, 5) is 4.69. The van der Waals surface area contributed by atoms with Gasteiger partial charge in [-0.05, 0) is 97.6 Å². The van der Waals surface area contributed by atoms with Crippen LogP contribution < -0.4 is 9.80 Å². The van der Waals surface area contributed by atoms with E-state index >= 15 is 0 Å². The number of allylic oxidation sites excluding steroid dienone is 1. The molecule has 5 aromatic rings. The maximum atomic E-state index is 4.04. The molecule has 38 heavy (non-hydrogen) atoms. The van der Waals surface area contributed by atoms with Crippen molar-refractivity contribution in [3.8, 4) is 11.1 Å². The average Bonchev–Trinajstić information content (AvgIpc) is 2.96. The van der Waals surface area contributed by atoms with Gasteiger partial charge in [0.15, 0.2) is 0 Å². The number of hydrogen-bond acceptors (Lipinski definition) is 2. The standard InChI is InChI=1S/C36H34N2/c1-4-14-31-27-30(23-26-36(31)37(28(2)3)32-15-8-5-9-16-32)29-21-24-35(25-22-29)38(33-17-10-6-11-18-33)34-19-12-7-13-20-34/h4-13,15-28H,1,14H2,2-3H3. The zero-order valence-corrected chi connectivity index (χ0v) is 22.2. The molecule has 0 saturated carbocycles. The lowest BCUT2D eigenvalue weighted by Crippen LogP contribution is -2.26. The number of benzene rings is 5. The highest BCUT2D eigenvalue weighted by atomic mass is 15.2. The Balaban J connectivity index is 1.51. The summed E-state index contributed by atoms with van der Waals surface area (Å²) in [6.07, 6.45) is 2.81. The Labute approximate surface area is 227 Å². The summed E-state index contributed by atoms with van der Waals surface area (Å²) in [6, 6.07) is 47.6. The van der Waals surface area contributed by atoms with Crippen molar-refractivity contribution in [1.82, 2.24) is 0 Å². The van der Waals surface area contributed by atoms with Gasteiger partial charge >= 0.3 is 0 Å². The highest BCUT2D eigenvalue weighted by Gasteiger charge is 2.17. The molecule has 0 atom stereocenters. The van der Waals surface area contributed by atoms with E-state index in [-0.39, 0.29) is 0 Å². The summed E-state index contributed by atoms with van der Waals surface area (Å²) in [5.74, 6) is 0. The first-order chi connectivity index (χ1) is 18.7. The third-order valence-corrected chi connectivity index (χ3v) is 6.74. The van der Waals surface area contributed by atoms with Crippen LogP contribution in [-0.2, 0) is 6.42 Å². The van der Waals surface area contributed by atoms with Gasteiger partial charge in [-0.2, -0.15) is 0 Å². The molecule has 0 saturated heterocycles. The van der Waals surface area contributed by atoms with Gasteiger partial charge in [0.25, 0.3) is 0 Å². The quantitative estimate of drug-likeness (QED) is 0.188. The lowest BCUT2D eigenvalue weighted by molar-refractivity contribution is 0.785. The van der Waals surface area contributed by atoms with Crippen LogP contribution in [0.15, 0.2) is 146 Å². The van der Waals surface area contributed by atoms with Crippen LogP contribution >= 0.6 is 0 Å². The molecule has 2 heteroatoms. The van der Waals surface area contributed by atoms with Crippen LogP contribution in [0.1, 0.15) is 19.4 Å². The molecule has 5 rings (SSSR count). The summed E-state index contributed by atoms with van der Waals surface area (Å²) in [5.41, 5.74) is 9.51. The SMILES string of the molecule is C=CCc1cc(-c2ccc(N(c3ccccc3)c3ccccc3)cc2)ccc1N(c1ccccc1)C(C)C. The second-order valence-electron chi connectivity index (χ2n) is 9.69. The molecular weight excluding hydrogens is 460 g/mol. The predicted octanol–water partition coefficient (Wildman–Crippen LogP) is 10.1. The van der Waals surface area contributed by atoms with Gasteiger partial charge in [0.05, 0.1) is 0 Å². The van der Waals surface area contributed by atoms with E-state index in [1.54, 1.807) is 0 Å². The van der Waals surface area contributed by atoms with Crippen LogP contribution in [0.2, 0.25) is 0 Å². The predicted molar refractivity (Wildman–Crippen MR) is 164 cm³/mol. The summed E-state index contributed by atoms with van der Waals surface area (Å²) in [6.45, 7) is 8.52. The Kier molecular flexibility index (Phi) is 7.70. The van der Waals surface area contributed by atoms with Crippen LogP contribution in [0.25, 0.3) is 11.1 Å². The monoisotopic (exact) mass is 494 g/mol. The van der Waals surface area contributed by atoms with Gasteiger partial charge in [-0.15, -0.1) is 6.58 Å². The molecule has 0 aliphatic heterocycles. The van der Waals surface area contributed by atoms with E-state index in [4.69, 9.17) is 0 Å². The number of rotatable bonds is 9. The molecule has 0 fully saturated rings. The Morgan fingerprint density at radius 2 is 1.05 bits per heavy atom. The first-order valence-corrected chi connectivity index (χ1v) is 13.2. The normalized spacial score (nSPS) is 10.8. The fourth-order valence-corrected chi connectivity index (χ4v) is 5.03. The fraction of sp³-hybridized carbons (Fsp3) is 0.111. The van der Waals surface area contributed by atoms with Gasteiger partial charge < -0.3 is 9.80 Å². The topological polar surface area (TPSA) is 6.48 Å². The molecule has 5 aromatic carbocycles. The molecule has 0 N–H and O–H groups in total. The lowest BCUT2D eigenvalue weighted by atomic mass is 9.98. The molecule has 0 spiro atoms. The van der Waals surface area contributed by atoms with Crippen LogP contribution in [0, 0.1) is 0 Å². The first kappa shape index (κ1) is 25.1. The van der Waals surface area contributed by atoms with Gasteiger partial charge in [0, 0.05) is 34.5 Å². The van der Waals surface area contributed by atoms with E-state index in [0.29, 0.717) is 6.04 Å². The summed E-state index contributed by atoms with van der Waals surface area (Å²) < 4.78 is 0. The molecule has 0 bridgehead atoms. The Morgan fingerprint density at radius 3 is 1.55 bits per heavy atom. The van der Waals surface area contributed by atoms with E-state index < -0.39 is 0 Å². The number of hydrogen-bond donors (Lipinski definition) is 0. The first-order valence-electron chi connectivity index (χ1n) is 13.2. The Morgan fingerprint density at radius 1 is 0.579 bits per heavy atom. The lowest BCUT2D eigenvalue weighted by Gasteiger charge is -2.31. The third kappa shape index (κ3) is 5.40. The molecule has 0 unspecified atom stereocenters. The largest absolute Gasteiger partial charge is 0.339 e. The molecule has 0 amide bonds. The number of para-hydroxylation sites is 3. The van der Waals surface area contributed by atoms with Gasteiger partial charge in [-0.3, -0.25) is 0 Å². The van der Waals surface area contributed by atoms with Crippen molar-refractivity contribution in [2.24, 2.45) is 0 Å². The highest BCUT2D eigenvalue weighted by molar-refractivity contribution is 5.79. The van der Waals surface area contributed by atoms with E-state index in [1.807, 2.05) is 6.08 Å². The molecular formula is C36H34N2. The average molecular weight is 495 g/mol. The fourth-order valence-electron chi connectivity index (χ4n) is 5.03. The maximum Gasteiger partial charge on any atom is 0.0462 e. The van der Waals surface area contributed by atoms with Crippen molar-refractivity contribution in [2.75, 3.05) is 9.80 Å². The smallest absolute Gasteiger partial charge is 0.0462 e. The van der Waals surface area contributed by atoms with Gasteiger partial charge in [-0.25, -0.2) is 0 Å². The zero-order valence-electron chi connectivity index (χ0n) is 22.2. The second kappa shape index (κ2) is 11.7. The second-order valence-corrected chi connectivity index (χ2v) is 9.69. The van der Waals surface area contributed by atoms with Crippen LogP contribution in [0.3, 0.4) is 0 Å². The molecule has 0 aromatic heterocycles. The minimum absolute atomic E-state index is 0.327. The molecule has 0 aliphatic rings. The number of nitrogens with zero attached hydrogens (tertiary/aromatic N) is 2. The molecule has 0 heterocycles. The minimum atomic E-state index is 0.327. The third-order valence-electron chi connectivity index (χ3n) is 6.74. The van der Waals surface area contributed by atoms with Crippen molar-refractivity contribution >= 4 is 28.4 Å². The van der Waals surface area contributed by atoms with E-state index in [9.17, 15) is 0 Å². The van der Waals surface area contributed by atoms with Crippen molar-refractivity contribution < 1.29 is 0 Å². The number of anilines is 5. The van der Waals surface area contributed by atoms with Crippen LogP contribution in [0.5, 0.6) is 0 Å². The maximum absolute atomic E-state index is 4.04. The van der Waals surface area contributed by atoms with Crippen LogP contribution in [-0.4, -0.2) is 6.04 Å². The van der Waals surface area contributed by atoms with Crippen LogP contribution in [0.4, 0.5) is 28.4 Å². The van der Waals surface area contributed by atoms with E-state index in [0.717, 1.165) is 23.5 Å². The van der Waals surface area contributed by atoms with Crippen molar-refractivity contribution in [1.29, 1.82) is 0 Å². The van der Waals surface area contributed by atoms with Gasteiger partial charge in [-0.1, -0.05) is 78.9 Å². The Bertz CT molecular complexity index is 1420. The van der Waals surface area contributed by atoms with E-state index in [2.05, 4.69) is 164 Å². The van der Waals surface area contributed by atoms with Gasteiger partial charge in [0.2, 0.25) is 0 Å². The van der Waals surface area contributed by atoms with E-state index in [1.165, 1.54) is 28.1 Å². The highest BCUT2D eigenvalue weighted by Crippen LogP contribution is 2.37. The zero-order chi connectivity index (χ0) is 26.3. The Hall–Kier alpha value is -4.56.